The fraction of sp³-hybridized carbons (Fsp3) is 0.414. The second kappa shape index (κ2) is 14.8. The predicted molar refractivity (Wildman–Crippen MR) is 164 cm³/mol. The van der Waals surface area contributed by atoms with Crippen molar-refractivity contribution < 1.29 is 17.9 Å². The van der Waals surface area contributed by atoms with Crippen molar-refractivity contribution in [2.24, 2.45) is 0 Å². The van der Waals surface area contributed by atoms with Crippen LogP contribution >= 0.6 is 0 Å². The maximum Gasteiger partial charge on any atom is 0.357 e. The van der Waals surface area contributed by atoms with Crippen LogP contribution in [0.5, 0.6) is 5.75 Å². The van der Waals surface area contributed by atoms with Gasteiger partial charge in [0.1, 0.15) is 11.6 Å². The van der Waals surface area contributed by atoms with E-state index < -0.39 is 22.0 Å². The van der Waals surface area contributed by atoms with Gasteiger partial charge < -0.3 is 14.1 Å². The highest BCUT2D eigenvalue weighted by Gasteiger charge is 2.21. The molecule has 14 heteroatoms. The minimum absolute atomic E-state index is 0.0438. The van der Waals surface area contributed by atoms with Crippen LogP contribution < -0.4 is 20.7 Å². The monoisotopic (exact) mass is 612 g/mol. The molecule has 0 saturated carbocycles. The number of fused-ring (bicyclic) bond motifs is 1. The maximum absolute atomic E-state index is 13.7. The maximum atomic E-state index is 13.7. The van der Waals surface area contributed by atoms with E-state index in [9.17, 15) is 23.9 Å². The molecule has 13 nitrogen and oxygen atoms in total. The molecule has 43 heavy (non-hydrogen) atoms. The lowest BCUT2D eigenvalue weighted by Crippen LogP contribution is -2.41. The summed E-state index contributed by atoms with van der Waals surface area (Å²) >= 11 is -2.43. The zero-order chi connectivity index (χ0) is 30.9. The van der Waals surface area contributed by atoms with Gasteiger partial charge in [0.05, 0.1) is 4.92 Å². The quantitative estimate of drug-likeness (QED) is 0.0835. The number of aromatic nitrogens is 4. The summed E-state index contributed by atoms with van der Waals surface area (Å²) in [6, 6.07) is 13.1. The van der Waals surface area contributed by atoms with E-state index >= 15 is 0 Å². The minimum atomic E-state index is -2.43. The molecule has 0 aliphatic rings. The minimum Gasteiger partial charge on any atom is -0.380 e. The van der Waals surface area contributed by atoms with Gasteiger partial charge in [0, 0.05) is 44.7 Å². The number of nitro groups is 1. The third-order valence-corrected chi connectivity index (χ3v) is 7.44. The van der Waals surface area contributed by atoms with Crippen LogP contribution in [0.2, 0.25) is 0 Å². The zero-order valence-electron chi connectivity index (χ0n) is 24.2. The highest BCUT2D eigenvalue weighted by molar-refractivity contribution is 7.74. The molecule has 2 N–H and O–H groups in total. The molecule has 0 radical (unpaired) electrons. The number of imidazole rings is 1. The molecule has 2 aromatic heterocycles. The van der Waals surface area contributed by atoms with Gasteiger partial charge in [0.15, 0.2) is 11.2 Å². The zero-order valence-corrected chi connectivity index (χ0v) is 25.0. The molecule has 0 fully saturated rings. The van der Waals surface area contributed by atoms with Crippen molar-refractivity contribution in [3.63, 3.8) is 0 Å². The second-order valence-electron chi connectivity index (χ2n) is 10.1. The van der Waals surface area contributed by atoms with Gasteiger partial charge in [-0.25, -0.2) is 9.78 Å². The van der Waals surface area contributed by atoms with Gasteiger partial charge in [-0.2, -0.15) is 4.21 Å². The molecular weight excluding hydrogens is 576 g/mol. The van der Waals surface area contributed by atoms with E-state index in [2.05, 4.69) is 5.32 Å². The van der Waals surface area contributed by atoms with Crippen LogP contribution in [0.25, 0.3) is 11.2 Å². The number of hydrogen-bond donors (Lipinski definition) is 2. The average Bonchev–Trinajstić information content (AvgIpc) is 3.33. The van der Waals surface area contributed by atoms with Crippen molar-refractivity contribution >= 4 is 28.2 Å². The lowest BCUT2D eigenvalue weighted by atomic mass is 10.1. The number of rotatable bonds is 16. The standard InChI is InChI=1S/C29H36N6O7S/c1-3-17-34-28(36)26-27(33(29(34)37)18-6-5-7-21-8-12-23(13-9-21)35(38)39)31-25(32(26)19-16-30-4-2)20-22-10-14-24(15-11-22)42-43(40)41/h8-15,30H,3-7,16-20H2,1-2H3,(H,40,41). The Bertz CT molecular complexity index is 1690. The normalized spacial score (nSPS) is 12.1. The van der Waals surface area contributed by atoms with Crippen LogP contribution in [-0.4, -0.2) is 45.5 Å². The molecule has 1 atom stereocenters. The van der Waals surface area contributed by atoms with Crippen LogP contribution in [0.15, 0.2) is 58.1 Å². The van der Waals surface area contributed by atoms with E-state index in [0.717, 1.165) is 24.1 Å². The number of non-ortho nitro benzene ring substituents is 1. The Hall–Kier alpha value is -4.14. The summed E-state index contributed by atoms with van der Waals surface area (Å²) in [7, 11) is 0. The molecule has 0 amide bonds. The van der Waals surface area contributed by atoms with Gasteiger partial charge in [-0.15, -0.1) is 0 Å². The number of nitro benzene ring substituents is 1. The van der Waals surface area contributed by atoms with Crippen molar-refractivity contribution in [3.05, 3.63) is 96.4 Å². The van der Waals surface area contributed by atoms with Gasteiger partial charge in [-0.3, -0.25) is 28.6 Å². The van der Waals surface area contributed by atoms with E-state index in [1.807, 2.05) is 18.4 Å². The lowest BCUT2D eigenvalue weighted by Gasteiger charge is -2.13. The first-order valence-corrected chi connectivity index (χ1v) is 15.3. The Morgan fingerprint density at radius 2 is 1.65 bits per heavy atom. The summed E-state index contributed by atoms with van der Waals surface area (Å²) in [6.45, 7) is 6.40. The smallest absolute Gasteiger partial charge is 0.357 e. The summed E-state index contributed by atoms with van der Waals surface area (Å²) in [6.07, 6.45) is 3.05. The molecule has 4 aromatic rings. The molecule has 1 unspecified atom stereocenters. The van der Waals surface area contributed by atoms with Crippen LogP contribution in [0.3, 0.4) is 0 Å². The van der Waals surface area contributed by atoms with E-state index in [4.69, 9.17) is 13.7 Å². The molecule has 0 aliphatic carbocycles. The highest BCUT2D eigenvalue weighted by atomic mass is 32.2. The van der Waals surface area contributed by atoms with Crippen LogP contribution in [0.1, 0.15) is 50.1 Å². The molecule has 230 valence electrons. The number of nitrogens with zero attached hydrogens (tertiary/aromatic N) is 5. The number of benzene rings is 2. The largest absolute Gasteiger partial charge is 0.380 e. The Labute approximate surface area is 250 Å². The summed E-state index contributed by atoms with van der Waals surface area (Å²) < 4.78 is 29.5. The predicted octanol–water partition coefficient (Wildman–Crippen LogP) is 3.42. The van der Waals surface area contributed by atoms with Gasteiger partial charge >= 0.3 is 17.1 Å². The molecule has 2 heterocycles. The number of nitrogens with one attached hydrogen (secondary N) is 1. The molecular formula is C29H36N6O7S. The molecule has 4 rings (SSSR count). The van der Waals surface area contributed by atoms with Crippen molar-refractivity contribution in [3.8, 4) is 5.75 Å². The fourth-order valence-electron chi connectivity index (χ4n) is 5.01. The molecule has 0 saturated heterocycles. The van der Waals surface area contributed by atoms with Gasteiger partial charge in [-0.1, -0.05) is 38.1 Å². The third-order valence-electron chi connectivity index (χ3n) is 7.10. The first-order valence-electron chi connectivity index (χ1n) is 14.3. The molecule has 0 spiro atoms. The van der Waals surface area contributed by atoms with Crippen LogP contribution in [0.4, 0.5) is 5.69 Å². The second-order valence-corrected chi connectivity index (χ2v) is 10.7. The number of hydrogen-bond acceptors (Lipinski definition) is 8. The molecule has 0 aliphatic heterocycles. The third kappa shape index (κ3) is 7.83. The highest BCUT2D eigenvalue weighted by Crippen LogP contribution is 2.20. The lowest BCUT2D eigenvalue weighted by molar-refractivity contribution is -0.384. The number of unbranched alkanes of at least 4 members (excludes halogenated alkanes) is 1. The van der Waals surface area contributed by atoms with E-state index in [1.165, 1.54) is 16.7 Å². The van der Waals surface area contributed by atoms with Crippen molar-refractivity contribution in [2.75, 3.05) is 13.1 Å². The van der Waals surface area contributed by atoms with Gasteiger partial charge in [-0.05, 0) is 55.5 Å². The van der Waals surface area contributed by atoms with Gasteiger partial charge in [0.25, 0.3) is 11.2 Å². The summed E-state index contributed by atoms with van der Waals surface area (Å²) in [4.78, 5) is 42.6. The summed E-state index contributed by atoms with van der Waals surface area (Å²) in [5.74, 6) is 0.868. The summed E-state index contributed by atoms with van der Waals surface area (Å²) in [5.41, 5.74) is 1.83. The Kier molecular flexibility index (Phi) is 11.0. The SMILES string of the molecule is CCCn1c(=O)c2c(nc(Cc3ccc(OS(=O)O)cc3)n2CCNCC)n(CCCCc2ccc([N+](=O)[O-])cc2)c1=O. The van der Waals surface area contributed by atoms with Crippen LogP contribution in [0, 0.1) is 10.1 Å². The van der Waals surface area contributed by atoms with E-state index in [-0.39, 0.29) is 23.5 Å². The van der Waals surface area contributed by atoms with Crippen LogP contribution in [-0.2, 0) is 43.8 Å². The van der Waals surface area contributed by atoms with Crippen molar-refractivity contribution in [1.29, 1.82) is 0 Å². The van der Waals surface area contributed by atoms with E-state index in [1.54, 1.807) is 41.0 Å². The molecule has 0 bridgehead atoms. The van der Waals surface area contributed by atoms with Gasteiger partial charge in [0.2, 0.25) is 0 Å². The van der Waals surface area contributed by atoms with Crippen molar-refractivity contribution in [1.82, 2.24) is 24.0 Å². The number of aryl methyl sites for hydroxylation is 2. The first kappa shape index (κ1) is 31.8. The number of likely N-dealkylation sites (N-methyl/N-ethyl adjacent to an activating group) is 1. The fourth-order valence-corrected chi connectivity index (χ4v) is 5.29. The topological polar surface area (TPSA) is 164 Å². The summed E-state index contributed by atoms with van der Waals surface area (Å²) in [5, 5.41) is 14.2. The Morgan fingerprint density at radius 3 is 2.28 bits per heavy atom. The first-order chi connectivity index (χ1) is 20.7. The van der Waals surface area contributed by atoms with E-state index in [0.29, 0.717) is 62.3 Å². The Balaban J connectivity index is 1.68. The average molecular weight is 613 g/mol. The Morgan fingerprint density at radius 1 is 0.953 bits per heavy atom. The van der Waals surface area contributed by atoms with Crippen molar-refractivity contribution in [2.45, 2.75) is 65.6 Å². The molecule has 2 aromatic carbocycles.